The second kappa shape index (κ2) is 4.52. The quantitative estimate of drug-likeness (QED) is 0.774. The minimum Gasteiger partial charge on any atom is -0.393 e. The van der Waals surface area contributed by atoms with Crippen LogP contribution in [0.4, 0.5) is 0 Å². The summed E-state index contributed by atoms with van der Waals surface area (Å²) in [6, 6.07) is 0. The van der Waals surface area contributed by atoms with Crippen molar-refractivity contribution in [3.05, 3.63) is 0 Å². The van der Waals surface area contributed by atoms with Crippen LogP contribution in [0.5, 0.6) is 0 Å². The van der Waals surface area contributed by atoms with Gasteiger partial charge >= 0.3 is 0 Å². The van der Waals surface area contributed by atoms with Crippen LogP contribution in [-0.4, -0.2) is 35.1 Å². The van der Waals surface area contributed by atoms with Crippen LogP contribution >= 0.6 is 0 Å². The predicted octanol–water partition coefficient (Wildman–Crippen LogP) is 1.65. The fraction of sp³-hybridized carbons (Fsp3) is 0.917. The summed E-state index contributed by atoms with van der Waals surface area (Å²) < 4.78 is 0. The molecule has 3 heteroatoms. The van der Waals surface area contributed by atoms with Gasteiger partial charge in [-0.15, -0.1) is 0 Å². The third kappa shape index (κ3) is 2.71. The highest BCUT2D eigenvalue weighted by molar-refractivity contribution is 5.82. The second-order valence-corrected chi connectivity index (χ2v) is 5.28. The number of nitrogens with zero attached hydrogens (tertiary/aromatic N) is 1. The molecule has 0 aliphatic carbocycles. The van der Waals surface area contributed by atoms with Crippen LogP contribution in [0, 0.1) is 11.3 Å². The first-order valence-electron chi connectivity index (χ1n) is 5.86. The van der Waals surface area contributed by atoms with Crippen LogP contribution in [0.15, 0.2) is 0 Å². The second-order valence-electron chi connectivity index (χ2n) is 5.28. The summed E-state index contributed by atoms with van der Waals surface area (Å²) in [6.45, 7) is 9.36. The number of rotatable bonds is 3. The van der Waals surface area contributed by atoms with E-state index < -0.39 is 0 Å². The van der Waals surface area contributed by atoms with Crippen molar-refractivity contribution in [2.75, 3.05) is 13.1 Å². The molecule has 1 heterocycles. The molecule has 88 valence electrons. The Hall–Kier alpha value is -0.570. The summed E-state index contributed by atoms with van der Waals surface area (Å²) in [5.74, 6) is 0.495. The van der Waals surface area contributed by atoms with Gasteiger partial charge in [0.15, 0.2) is 0 Å². The van der Waals surface area contributed by atoms with E-state index in [-0.39, 0.29) is 23.3 Å². The first-order valence-corrected chi connectivity index (χ1v) is 5.86. The van der Waals surface area contributed by atoms with E-state index in [9.17, 15) is 9.90 Å². The van der Waals surface area contributed by atoms with E-state index in [0.717, 1.165) is 25.9 Å². The van der Waals surface area contributed by atoms with E-state index in [4.69, 9.17) is 0 Å². The number of amides is 1. The Kier molecular flexibility index (Phi) is 3.77. The van der Waals surface area contributed by atoms with Gasteiger partial charge in [0, 0.05) is 24.4 Å². The first kappa shape index (κ1) is 12.5. The number of hydrogen-bond donors (Lipinski definition) is 1. The summed E-state index contributed by atoms with van der Waals surface area (Å²) in [6.07, 6.45) is 1.50. The maximum atomic E-state index is 12.1. The summed E-state index contributed by atoms with van der Waals surface area (Å²) in [5.41, 5.74) is -0.256. The maximum Gasteiger partial charge on any atom is 0.228 e. The number of carbonyl (C=O) groups is 1. The first-order chi connectivity index (χ1) is 6.88. The SMILES string of the molecule is CCC(C)(C)C(=O)N1CCC(C(C)O)C1. The van der Waals surface area contributed by atoms with Gasteiger partial charge in [-0.25, -0.2) is 0 Å². The van der Waals surface area contributed by atoms with Gasteiger partial charge in [0.05, 0.1) is 6.10 Å². The lowest BCUT2D eigenvalue weighted by atomic mass is 9.88. The fourth-order valence-electron chi connectivity index (χ4n) is 1.94. The molecule has 1 aliphatic rings. The average molecular weight is 213 g/mol. The monoisotopic (exact) mass is 213 g/mol. The van der Waals surface area contributed by atoms with E-state index in [0.29, 0.717) is 0 Å². The van der Waals surface area contributed by atoms with E-state index >= 15 is 0 Å². The molecular weight excluding hydrogens is 190 g/mol. The summed E-state index contributed by atoms with van der Waals surface area (Å²) >= 11 is 0. The fourth-order valence-corrected chi connectivity index (χ4v) is 1.94. The Labute approximate surface area is 92.5 Å². The van der Waals surface area contributed by atoms with E-state index in [1.807, 2.05) is 32.6 Å². The lowest BCUT2D eigenvalue weighted by molar-refractivity contribution is -0.139. The molecule has 2 atom stereocenters. The van der Waals surface area contributed by atoms with Crippen molar-refractivity contribution in [1.82, 2.24) is 4.90 Å². The Balaban J connectivity index is 2.58. The predicted molar refractivity (Wildman–Crippen MR) is 60.4 cm³/mol. The lowest BCUT2D eigenvalue weighted by Crippen LogP contribution is -2.39. The highest BCUT2D eigenvalue weighted by Crippen LogP contribution is 2.28. The van der Waals surface area contributed by atoms with Gasteiger partial charge in [-0.3, -0.25) is 4.79 Å². The van der Waals surface area contributed by atoms with E-state index in [2.05, 4.69) is 0 Å². The highest BCUT2D eigenvalue weighted by Gasteiger charge is 2.35. The van der Waals surface area contributed by atoms with Gasteiger partial charge in [-0.1, -0.05) is 20.8 Å². The Morgan fingerprint density at radius 1 is 1.60 bits per heavy atom. The standard InChI is InChI=1S/C12H23NO2/c1-5-12(3,4)11(15)13-7-6-10(8-13)9(2)14/h9-10,14H,5-8H2,1-4H3. The largest absolute Gasteiger partial charge is 0.393 e. The van der Waals surface area contributed by atoms with Crippen LogP contribution in [0.2, 0.25) is 0 Å². The van der Waals surface area contributed by atoms with Gasteiger partial charge in [-0.2, -0.15) is 0 Å². The zero-order valence-electron chi connectivity index (χ0n) is 10.3. The van der Waals surface area contributed by atoms with E-state index in [1.165, 1.54) is 0 Å². The molecule has 0 aromatic heterocycles. The lowest BCUT2D eigenvalue weighted by Gasteiger charge is -2.28. The Bertz CT molecular complexity index is 236. The molecule has 1 rings (SSSR count). The van der Waals surface area contributed by atoms with Crippen molar-refractivity contribution in [2.45, 2.75) is 46.6 Å². The van der Waals surface area contributed by atoms with Gasteiger partial charge in [0.2, 0.25) is 5.91 Å². The molecule has 0 bridgehead atoms. The van der Waals surface area contributed by atoms with Crippen LogP contribution < -0.4 is 0 Å². The van der Waals surface area contributed by atoms with Crippen molar-refractivity contribution in [3.8, 4) is 0 Å². The van der Waals surface area contributed by atoms with Gasteiger partial charge in [-0.05, 0) is 19.8 Å². The highest BCUT2D eigenvalue weighted by atomic mass is 16.3. The van der Waals surface area contributed by atoms with Crippen molar-refractivity contribution in [1.29, 1.82) is 0 Å². The molecule has 2 unspecified atom stereocenters. The molecule has 1 saturated heterocycles. The van der Waals surface area contributed by atoms with Gasteiger partial charge in [0.1, 0.15) is 0 Å². The summed E-state index contributed by atoms with van der Waals surface area (Å²) in [4.78, 5) is 14.0. The zero-order valence-corrected chi connectivity index (χ0v) is 10.3. The van der Waals surface area contributed by atoms with Crippen molar-refractivity contribution in [3.63, 3.8) is 0 Å². The molecule has 0 spiro atoms. The molecule has 1 amide bonds. The molecule has 0 saturated carbocycles. The number of aliphatic hydroxyl groups is 1. The molecule has 0 radical (unpaired) electrons. The summed E-state index contributed by atoms with van der Waals surface area (Å²) in [7, 11) is 0. The molecule has 1 fully saturated rings. The number of carbonyl (C=O) groups excluding carboxylic acids is 1. The smallest absolute Gasteiger partial charge is 0.228 e. The topological polar surface area (TPSA) is 40.5 Å². The van der Waals surface area contributed by atoms with Crippen molar-refractivity contribution < 1.29 is 9.90 Å². The van der Waals surface area contributed by atoms with Crippen LogP contribution in [0.3, 0.4) is 0 Å². The maximum absolute atomic E-state index is 12.1. The van der Waals surface area contributed by atoms with Crippen molar-refractivity contribution in [2.24, 2.45) is 11.3 Å². The minimum absolute atomic E-state index is 0.230. The Morgan fingerprint density at radius 3 is 2.60 bits per heavy atom. The molecule has 1 aliphatic heterocycles. The molecular formula is C12H23NO2. The average Bonchev–Trinajstić information content (AvgIpc) is 2.65. The number of likely N-dealkylation sites (tertiary alicyclic amines) is 1. The molecule has 1 N–H and O–H groups in total. The number of hydrogen-bond acceptors (Lipinski definition) is 2. The van der Waals surface area contributed by atoms with Crippen LogP contribution in [-0.2, 0) is 4.79 Å². The van der Waals surface area contributed by atoms with Gasteiger partial charge < -0.3 is 10.0 Å². The Morgan fingerprint density at radius 2 is 2.20 bits per heavy atom. The molecule has 0 aromatic rings. The van der Waals surface area contributed by atoms with Gasteiger partial charge in [0.25, 0.3) is 0 Å². The van der Waals surface area contributed by atoms with Crippen LogP contribution in [0.1, 0.15) is 40.5 Å². The van der Waals surface area contributed by atoms with E-state index in [1.54, 1.807) is 0 Å². The molecule has 0 aromatic carbocycles. The molecule has 3 nitrogen and oxygen atoms in total. The minimum atomic E-state index is -0.299. The van der Waals surface area contributed by atoms with Crippen molar-refractivity contribution >= 4 is 5.91 Å². The van der Waals surface area contributed by atoms with Crippen LogP contribution in [0.25, 0.3) is 0 Å². The molecule has 15 heavy (non-hydrogen) atoms. The summed E-state index contributed by atoms with van der Waals surface area (Å²) in [5, 5.41) is 9.47. The zero-order chi connectivity index (χ0) is 11.6. The normalized spacial score (nSPS) is 24.3. The number of aliphatic hydroxyl groups excluding tert-OH is 1. The third-order valence-corrected chi connectivity index (χ3v) is 3.66. The third-order valence-electron chi connectivity index (χ3n) is 3.66.